The molecule has 172 valence electrons. The fourth-order valence-corrected chi connectivity index (χ4v) is 5.46. The summed E-state index contributed by atoms with van der Waals surface area (Å²) in [6.45, 7) is 2.11. The summed E-state index contributed by atoms with van der Waals surface area (Å²) in [4.78, 5) is 21.3. The van der Waals surface area contributed by atoms with Gasteiger partial charge in [0, 0.05) is 22.5 Å². The zero-order valence-electron chi connectivity index (χ0n) is 18.7. The Morgan fingerprint density at radius 1 is 1.12 bits per heavy atom. The first kappa shape index (κ1) is 22.6. The number of fused-ring (bicyclic) bond motifs is 2. The van der Waals surface area contributed by atoms with Crippen LogP contribution < -0.4 is 4.74 Å². The van der Waals surface area contributed by atoms with Crippen LogP contribution in [0.5, 0.6) is 5.75 Å². The molecule has 0 saturated carbocycles. The monoisotopic (exact) mass is 535 g/mol. The third-order valence-corrected chi connectivity index (χ3v) is 7.05. The summed E-state index contributed by atoms with van der Waals surface area (Å²) in [6, 6.07) is 21.8. The molecule has 0 aliphatic rings. The summed E-state index contributed by atoms with van der Waals surface area (Å²) in [6.07, 6.45) is 0. The largest absolute Gasteiger partial charge is 0.496 e. The van der Waals surface area contributed by atoms with E-state index >= 15 is 0 Å². The number of hydrogen-bond donors (Lipinski definition) is 1. The minimum Gasteiger partial charge on any atom is -0.496 e. The van der Waals surface area contributed by atoms with Crippen LogP contribution in [0.3, 0.4) is 0 Å². The molecule has 8 heteroatoms. The first-order chi connectivity index (χ1) is 16.6. The molecule has 34 heavy (non-hydrogen) atoms. The molecule has 2 aromatic heterocycles. The zero-order valence-corrected chi connectivity index (χ0v) is 21.1. The van der Waals surface area contributed by atoms with Crippen LogP contribution in [0, 0.1) is 0 Å². The van der Waals surface area contributed by atoms with E-state index in [4.69, 9.17) is 14.5 Å². The van der Waals surface area contributed by atoms with E-state index in [0.717, 1.165) is 42.9 Å². The van der Waals surface area contributed by atoms with E-state index in [1.807, 2.05) is 73.7 Å². The van der Waals surface area contributed by atoms with Gasteiger partial charge in [0.15, 0.2) is 5.16 Å². The number of aromatic nitrogens is 3. The van der Waals surface area contributed by atoms with E-state index < -0.39 is 0 Å². The van der Waals surface area contributed by atoms with Crippen LogP contribution in [0.1, 0.15) is 23.0 Å². The van der Waals surface area contributed by atoms with Crippen molar-refractivity contribution in [3.63, 3.8) is 0 Å². The number of halogens is 1. The molecule has 0 spiro atoms. The lowest BCUT2D eigenvalue weighted by molar-refractivity contribution is 0.0527. The molecule has 6 nitrogen and oxygen atoms in total. The number of para-hydroxylation sites is 3. The van der Waals surface area contributed by atoms with E-state index in [-0.39, 0.29) is 5.97 Å². The number of methoxy groups -OCH3 is 1. The normalized spacial score (nSPS) is 11.3. The van der Waals surface area contributed by atoms with Crippen molar-refractivity contribution in [1.29, 1.82) is 0 Å². The number of ether oxygens (including phenoxy) is 2. The number of benzene rings is 3. The van der Waals surface area contributed by atoms with E-state index in [2.05, 4.69) is 25.5 Å². The number of aromatic amines is 1. The molecule has 0 aliphatic heterocycles. The molecule has 0 atom stereocenters. The maximum atomic E-state index is 13.2. The van der Waals surface area contributed by atoms with Gasteiger partial charge in [-0.2, -0.15) is 0 Å². The third-order valence-electron chi connectivity index (χ3n) is 5.55. The van der Waals surface area contributed by atoms with Crippen LogP contribution in [-0.4, -0.2) is 34.2 Å². The number of nitrogens with one attached hydrogen (secondary N) is 1. The lowest BCUT2D eigenvalue weighted by Gasteiger charge is -2.12. The van der Waals surface area contributed by atoms with Gasteiger partial charge in [0.25, 0.3) is 0 Å². The number of hydrogen-bond acceptors (Lipinski definition) is 5. The number of carbonyl (C=O) groups is 1. The van der Waals surface area contributed by atoms with Crippen molar-refractivity contribution in [1.82, 2.24) is 14.5 Å². The fraction of sp³-hybridized carbons (Fsp3) is 0.154. The van der Waals surface area contributed by atoms with Crippen molar-refractivity contribution in [2.75, 3.05) is 13.7 Å². The number of carbonyl (C=O) groups excluding carboxylic acids is 1. The number of rotatable bonds is 7. The number of thioether (sulfide) groups is 1. The summed E-state index contributed by atoms with van der Waals surface area (Å²) in [5.74, 6) is 0.809. The summed E-state index contributed by atoms with van der Waals surface area (Å²) in [5.41, 5.74) is 5.11. The molecule has 2 heterocycles. The Morgan fingerprint density at radius 2 is 1.88 bits per heavy atom. The Bertz CT molecular complexity index is 1460. The Morgan fingerprint density at radius 3 is 2.62 bits per heavy atom. The molecule has 0 radical (unpaired) electrons. The van der Waals surface area contributed by atoms with Gasteiger partial charge in [0.05, 0.1) is 40.3 Å². The van der Waals surface area contributed by atoms with Gasteiger partial charge in [-0.1, -0.05) is 42.1 Å². The maximum absolute atomic E-state index is 13.2. The maximum Gasteiger partial charge on any atom is 0.340 e. The van der Waals surface area contributed by atoms with Crippen molar-refractivity contribution in [3.05, 3.63) is 82.5 Å². The predicted molar refractivity (Wildman–Crippen MR) is 139 cm³/mol. The van der Waals surface area contributed by atoms with Gasteiger partial charge in [-0.15, -0.1) is 0 Å². The molecule has 1 N–H and O–H groups in total. The average molecular weight is 536 g/mol. The van der Waals surface area contributed by atoms with Crippen molar-refractivity contribution in [2.45, 2.75) is 17.8 Å². The van der Waals surface area contributed by atoms with Crippen molar-refractivity contribution in [2.24, 2.45) is 0 Å². The highest BCUT2D eigenvalue weighted by Gasteiger charge is 2.26. The summed E-state index contributed by atoms with van der Waals surface area (Å²) >= 11 is 5.16. The van der Waals surface area contributed by atoms with Gasteiger partial charge in [-0.25, -0.2) is 9.78 Å². The highest BCUT2D eigenvalue weighted by atomic mass is 79.9. The molecule has 0 unspecified atom stereocenters. The number of H-pyrrole nitrogens is 1. The Hall–Kier alpha value is -3.23. The highest BCUT2D eigenvalue weighted by Crippen LogP contribution is 2.39. The first-order valence-corrected chi connectivity index (χ1v) is 12.6. The second-order valence-electron chi connectivity index (χ2n) is 7.56. The summed E-state index contributed by atoms with van der Waals surface area (Å²) < 4.78 is 14.0. The molecule has 5 rings (SSSR count). The van der Waals surface area contributed by atoms with Crippen LogP contribution in [0.4, 0.5) is 0 Å². The van der Waals surface area contributed by atoms with E-state index in [9.17, 15) is 4.79 Å². The van der Waals surface area contributed by atoms with Crippen LogP contribution in [0.25, 0.3) is 27.6 Å². The smallest absolute Gasteiger partial charge is 0.340 e. The molecule has 0 bridgehead atoms. The van der Waals surface area contributed by atoms with Gasteiger partial charge in [-0.05, 0) is 59.3 Å². The molecule has 0 saturated heterocycles. The fourth-order valence-electron chi connectivity index (χ4n) is 4.07. The first-order valence-electron chi connectivity index (χ1n) is 10.8. The number of esters is 1. The van der Waals surface area contributed by atoms with Gasteiger partial charge in [-0.3, -0.25) is 0 Å². The van der Waals surface area contributed by atoms with Crippen LogP contribution in [-0.2, 0) is 10.5 Å². The van der Waals surface area contributed by atoms with Crippen LogP contribution in [0.15, 0.2) is 76.4 Å². The van der Waals surface area contributed by atoms with Gasteiger partial charge in [0.1, 0.15) is 5.75 Å². The molecular formula is C26H22BrN3O3S. The highest BCUT2D eigenvalue weighted by molar-refractivity contribution is 9.10. The van der Waals surface area contributed by atoms with Crippen molar-refractivity contribution < 1.29 is 14.3 Å². The van der Waals surface area contributed by atoms with Crippen molar-refractivity contribution in [3.8, 4) is 11.4 Å². The summed E-state index contributed by atoms with van der Waals surface area (Å²) in [7, 11) is 1.61. The number of nitrogens with zero attached hydrogens (tertiary/aromatic N) is 2. The zero-order chi connectivity index (χ0) is 23.7. The molecule has 0 amide bonds. The van der Waals surface area contributed by atoms with E-state index in [1.54, 1.807) is 18.9 Å². The second-order valence-corrected chi connectivity index (χ2v) is 9.38. The Labute approximate surface area is 209 Å². The average Bonchev–Trinajstić information content (AvgIpc) is 3.40. The number of imidazole rings is 1. The van der Waals surface area contributed by atoms with Crippen molar-refractivity contribution >= 4 is 55.6 Å². The van der Waals surface area contributed by atoms with Gasteiger partial charge >= 0.3 is 5.97 Å². The third kappa shape index (κ3) is 4.08. The predicted octanol–water partition coefficient (Wildman–Crippen LogP) is 6.75. The van der Waals surface area contributed by atoms with Crippen LogP contribution in [0.2, 0.25) is 0 Å². The quantitative estimate of drug-likeness (QED) is 0.184. The summed E-state index contributed by atoms with van der Waals surface area (Å²) in [5, 5.41) is 1.57. The molecule has 5 aromatic rings. The second kappa shape index (κ2) is 9.56. The lowest BCUT2D eigenvalue weighted by atomic mass is 10.1. The van der Waals surface area contributed by atoms with E-state index in [1.165, 1.54) is 0 Å². The van der Waals surface area contributed by atoms with Crippen LogP contribution >= 0.6 is 27.7 Å². The van der Waals surface area contributed by atoms with E-state index in [0.29, 0.717) is 23.7 Å². The van der Waals surface area contributed by atoms with Gasteiger partial charge < -0.3 is 19.0 Å². The Kier molecular flexibility index (Phi) is 6.34. The minimum absolute atomic E-state index is 0.292. The SMILES string of the molecule is CCOC(=O)c1c(CSc2nc3ccccc3[nH]2)n(-c2ccccc2)c2cc(Br)c(OC)cc12. The lowest BCUT2D eigenvalue weighted by Crippen LogP contribution is -2.09. The minimum atomic E-state index is -0.355. The molecular weight excluding hydrogens is 514 g/mol. The Balaban J connectivity index is 1.71. The topological polar surface area (TPSA) is 69.1 Å². The standard InChI is InChI=1S/C26H22BrN3O3S/c1-3-33-25(31)24-17-13-23(32-2)18(27)14-21(17)30(16-9-5-4-6-10-16)22(24)15-34-26-28-19-11-7-8-12-20(19)29-26/h4-14H,3,15H2,1-2H3,(H,28,29). The van der Waals surface area contributed by atoms with Gasteiger partial charge in [0.2, 0.25) is 0 Å². The molecule has 0 fully saturated rings. The molecule has 3 aromatic carbocycles. The molecule has 0 aliphatic carbocycles.